The second-order valence-electron chi connectivity index (χ2n) is 6.60. The van der Waals surface area contributed by atoms with Crippen LogP contribution in [0, 0.1) is 0 Å². The lowest BCUT2D eigenvalue weighted by Gasteiger charge is -2.43. The molecule has 2 atom stereocenters. The van der Waals surface area contributed by atoms with E-state index in [1.54, 1.807) is 26.1 Å². The van der Waals surface area contributed by atoms with E-state index in [1.165, 1.54) is 4.90 Å². The van der Waals surface area contributed by atoms with Crippen LogP contribution < -0.4 is 0 Å². The Morgan fingerprint density at radius 3 is 2.44 bits per heavy atom. The molecular weight excluding hydrogens is 350 g/mol. The molecule has 2 fully saturated rings. The van der Waals surface area contributed by atoms with Crippen molar-refractivity contribution in [2.45, 2.75) is 12.1 Å². The summed E-state index contributed by atoms with van der Waals surface area (Å²) in [6.45, 7) is 1.64. The Labute approximate surface area is 148 Å². The molecule has 0 N–H and O–H groups in total. The summed E-state index contributed by atoms with van der Waals surface area (Å²) in [4.78, 5) is 29.4. The zero-order chi connectivity index (χ0) is 18.6. The van der Waals surface area contributed by atoms with Gasteiger partial charge in [0.1, 0.15) is 6.61 Å². The second-order valence-corrected chi connectivity index (χ2v) is 8.76. The molecule has 2 rings (SSSR count). The van der Waals surface area contributed by atoms with E-state index in [-0.39, 0.29) is 42.5 Å². The predicted octanol–water partition coefficient (Wildman–Crippen LogP) is -1.95. The van der Waals surface area contributed by atoms with Crippen LogP contribution in [0.1, 0.15) is 0 Å². The van der Waals surface area contributed by atoms with Crippen LogP contribution in [-0.2, 0) is 28.9 Å². The molecule has 10 heteroatoms. The van der Waals surface area contributed by atoms with Gasteiger partial charge in [0.05, 0.1) is 37.3 Å². The number of hydrogen-bond acceptors (Lipinski definition) is 7. The summed E-state index contributed by atoms with van der Waals surface area (Å²) in [6, 6.07) is -0.766. The molecular formula is C15H27N3O6S. The number of amides is 2. The van der Waals surface area contributed by atoms with Crippen LogP contribution >= 0.6 is 0 Å². The van der Waals surface area contributed by atoms with Crippen LogP contribution in [0.25, 0.3) is 0 Å². The fourth-order valence-corrected chi connectivity index (χ4v) is 5.24. The Kier molecular flexibility index (Phi) is 6.78. The third kappa shape index (κ3) is 5.13. The van der Waals surface area contributed by atoms with Crippen molar-refractivity contribution >= 4 is 21.7 Å². The van der Waals surface area contributed by atoms with Crippen LogP contribution in [0.5, 0.6) is 0 Å². The maximum absolute atomic E-state index is 12.4. The molecule has 25 heavy (non-hydrogen) atoms. The number of carbonyl (C=O) groups is 2. The van der Waals surface area contributed by atoms with Gasteiger partial charge < -0.3 is 19.3 Å². The van der Waals surface area contributed by atoms with Crippen molar-refractivity contribution in [1.29, 1.82) is 0 Å². The first-order chi connectivity index (χ1) is 11.7. The molecule has 0 aromatic carbocycles. The van der Waals surface area contributed by atoms with Crippen molar-refractivity contribution in [3.05, 3.63) is 0 Å². The summed E-state index contributed by atoms with van der Waals surface area (Å²) < 4.78 is 34.4. The molecule has 0 aliphatic carbocycles. The lowest BCUT2D eigenvalue weighted by molar-refractivity contribution is -0.143. The van der Waals surface area contributed by atoms with Crippen LogP contribution in [0.15, 0.2) is 0 Å². The average Bonchev–Trinajstić information content (AvgIpc) is 2.86. The summed E-state index contributed by atoms with van der Waals surface area (Å²) in [5, 5.41) is 0. The number of fused-ring (bicyclic) bond motifs is 1. The first kappa shape index (κ1) is 20.1. The highest BCUT2D eigenvalue weighted by atomic mass is 32.2. The maximum Gasteiger partial charge on any atom is 0.248 e. The SMILES string of the molecule is COCCOCC(=O)N1CCN(CC(=O)N(C)C)[C@H]2CS(=O)(=O)C[C@H]21. The van der Waals surface area contributed by atoms with Gasteiger partial charge >= 0.3 is 0 Å². The van der Waals surface area contributed by atoms with Gasteiger partial charge in [-0.25, -0.2) is 8.42 Å². The summed E-state index contributed by atoms with van der Waals surface area (Å²) in [5.41, 5.74) is 0. The highest BCUT2D eigenvalue weighted by Crippen LogP contribution is 2.27. The van der Waals surface area contributed by atoms with E-state index >= 15 is 0 Å². The molecule has 0 unspecified atom stereocenters. The monoisotopic (exact) mass is 377 g/mol. The molecule has 0 radical (unpaired) electrons. The molecule has 2 aliphatic heterocycles. The standard InChI is InChI=1S/C15H27N3O6S/c1-16(2)14(19)8-17-4-5-18(15(20)9-24-7-6-23-3)13-11-25(21,22)10-12(13)17/h12-13H,4-11H2,1-3H3/t12-,13+/m0/s1. The maximum atomic E-state index is 12.4. The summed E-state index contributed by atoms with van der Waals surface area (Å²) in [6.07, 6.45) is 0. The molecule has 2 saturated heterocycles. The van der Waals surface area contributed by atoms with Crippen molar-refractivity contribution in [1.82, 2.24) is 14.7 Å². The molecule has 0 saturated carbocycles. The Morgan fingerprint density at radius 2 is 1.80 bits per heavy atom. The number of nitrogens with zero attached hydrogens (tertiary/aromatic N) is 3. The molecule has 2 aliphatic rings. The first-order valence-corrected chi connectivity index (χ1v) is 10.1. The number of likely N-dealkylation sites (N-methyl/N-ethyl adjacent to an activating group) is 1. The lowest BCUT2D eigenvalue weighted by atomic mass is 10.0. The number of ether oxygens (including phenoxy) is 2. The first-order valence-electron chi connectivity index (χ1n) is 8.26. The molecule has 0 aromatic heterocycles. The van der Waals surface area contributed by atoms with E-state index in [4.69, 9.17) is 9.47 Å². The lowest BCUT2D eigenvalue weighted by Crippen LogP contribution is -2.62. The van der Waals surface area contributed by atoms with Gasteiger partial charge in [-0.1, -0.05) is 0 Å². The van der Waals surface area contributed by atoms with E-state index < -0.39 is 15.9 Å². The molecule has 0 bridgehead atoms. The minimum atomic E-state index is -3.23. The molecule has 144 valence electrons. The van der Waals surface area contributed by atoms with Crippen LogP contribution in [-0.4, -0.2) is 119 Å². The molecule has 0 spiro atoms. The third-order valence-electron chi connectivity index (χ3n) is 4.61. The summed E-state index contributed by atoms with van der Waals surface area (Å²) >= 11 is 0. The van der Waals surface area contributed by atoms with Gasteiger partial charge in [-0.05, 0) is 0 Å². The van der Waals surface area contributed by atoms with Gasteiger partial charge in [-0.15, -0.1) is 0 Å². The quantitative estimate of drug-likeness (QED) is 0.476. The van der Waals surface area contributed by atoms with Crippen molar-refractivity contribution in [3.63, 3.8) is 0 Å². The number of hydrogen-bond donors (Lipinski definition) is 0. The van der Waals surface area contributed by atoms with E-state index in [1.807, 2.05) is 4.90 Å². The number of sulfone groups is 1. The summed E-state index contributed by atoms with van der Waals surface area (Å²) in [7, 11) is 1.65. The topological polar surface area (TPSA) is 96.5 Å². The molecule has 9 nitrogen and oxygen atoms in total. The predicted molar refractivity (Wildman–Crippen MR) is 90.9 cm³/mol. The Balaban J connectivity index is 2.04. The zero-order valence-electron chi connectivity index (χ0n) is 15.0. The Bertz CT molecular complexity index is 594. The normalized spacial score (nSPS) is 25.6. The zero-order valence-corrected chi connectivity index (χ0v) is 15.8. The van der Waals surface area contributed by atoms with Crippen LogP contribution in [0.2, 0.25) is 0 Å². The fourth-order valence-electron chi connectivity index (χ4n) is 3.23. The number of methoxy groups -OCH3 is 1. The van der Waals surface area contributed by atoms with Gasteiger partial charge in [0.25, 0.3) is 0 Å². The molecule has 2 heterocycles. The van der Waals surface area contributed by atoms with Crippen molar-refractivity contribution in [3.8, 4) is 0 Å². The van der Waals surface area contributed by atoms with Crippen molar-refractivity contribution < 1.29 is 27.5 Å². The highest BCUT2D eigenvalue weighted by Gasteiger charge is 2.48. The smallest absolute Gasteiger partial charge is 0.248 e. The van der Waals surface area contributed by atoms with E-state index in [9.17, 15) is 18.0 Å². The van der Waals surface area contributed by atoms with E-state index in [0.717, 1.165) is 0 Å². The molecule has 0 aromatic rings. The van der Waals surface area contributed by atoms with Crippen LogP contribution in [0.4, 0.5) is 0 Å². The van der Waals surface area contributed by atoms with Gasteiger partial charge in [0.15, 0.2) is 9.84 Å². The number of rotatable bonds is 7. The Morgan fingerprint density at radius 1 is 1.12 bits per heavy atom. The van der Waals surface area contributed by atoms with Crippen LogP contribution in [0.3, 0.4) is 0 Å². The average molecular weight is 377 g/mol. The number of carbonyl (C=O) groups excluding carboxylic acids is 2. The van der Waals surface area contributed by atoms with E-state index in [0.29, 0.717) is 26.3 Å². The third-order valence-corrected chi connectivity index (χ3v) is 6.30. The van der Waals surface area contributed by atoms with E-state index in [2.05, 4.69) is 0 Å². The highest BCUT2D eigenvalue weighted by molar-refractivity contribution is 7.91. The Hall–Kier alpha value is -1.23. The van der Waals surface area contributed by atoms with Crippen molar-refractivity contribution in [2.75, 3.05) is 72.2 Å². The minimum Gasteiger partial charge on any atom is -0.382 e. The molecule has 2 amide bonds. The van der Waals surface area contributed by atoms with Gasteiger partial charge in [-0.2, -0.15) is 0 Å². The minimum absolute atomic E-state index is 0.0211. The van der Waals surface area contributed by atoms with Crippen molar-refractivity contribution in [2.24, 2.45) is 0 Å². The van der Waals surface area contributed by atoms with Gasteiger partial charge in [-0.3, -0.25) is 14.5 Å². The van der Waals surface area contributed by atoms with Gasteiger partial charge in [0.2, 0.25) is 11.8 Å². The fraction of sp³-hybridized carbons (Fsp3) is 0.867. The summed E-state index contributed by atoms with van der Waals surface area (Å²) in [5.74, 6) is -0.381. The largest absolute Gasteiger partial charge is 0.382 e. The second kappa shape index (κ2) is 8.43. The number of piperazine rings is 1. The van der Waals surface area contributed by atoms with Gasteiger partial charge in [0, 0.05) is 40.3 Å².